The second-order valence-electron chi connectivity index (χ2n) is 13.8. The van der Waals surface area contributed by atoms with Crippen molar-refractivity contribution in [1.29, 1.82) is 0 Å². The minimum atomic E-state index is -2.94. The summed E-state index contributed by atoms with van der Waals surface area (Å²) in [6.45, 7) is 16.9. The summed E-state index contributed by atoms with van der Waals surface area (Å²) in [5.74, 6) is -3.67. The predicted molar refractivity (Wildman–Crippen MR) is 281 cm³/mol. The molecule has 1 unspecified atom stereocenters. The van der Waals surface area contributed by atoms with Crippen molar-refractivity contribution in [3.05, 3.63) is 150 Å². The number of rotatable bonds is 16. The molecule has 1 atom stereocenters. The molecule has 1 saturated carbocycles. The standard InChI is InChI=1S/C21H24N6O6.C14H13N.C6H12N.C2H5N3O3S.C2H6.2CH3.H2O.Pt/c1-3-13(25-17-11(2)24-21(22)27-19(17)31)10-23-14-6-4-12(5-7-14)18(30)26-15(20(32)33)8-9-16(28)29;1-3-4-6-12-8-9-13-7-5-10-15-14(13)11(12)2;7-6-4-2-1-3-5-6;1-2-9(3-6,4-7)5-8;1-2;;;;/h3-7,15,23H,2,8-10H2,1H3,(H,26,30)(H,28,29)(H,32,33)(H3,22,24,27,31);3-10H,1H2,2H3;6-7H,1-5H2;2H2,1H3;1-2H3;2*1H3;1H2;/q;;-1;;;2*-1;;/b13-3-,25-17?;6-4-;;;;;;;. The number of aliphatic imine (C=N–C) groups is 2. The Bertz CT molecular complexity index is 2260. The summed E-state index contributed by atoms with van der Waals surface area (Å²) in [5.41, 5.74) is 17.8. The maximum absolute atomic E-state index is 12.3. The number of carbonyl (C=O) groups excluding carboxylic acids is 2. The number of aromatic nitrogens is 1. The van der Waals surface area contributed by atoms with Gasteiger partial charge in [-0.3, -0.25) is 24.7 Å². The number of anilines is 1. The molecule has 2 amide bonds. The van der Waals surface area contributed by atoms with E-state index in [1.165, 1.54) is 54.8 Å². The van der Waals surface area contributed by atoms with E-state index >= 15 is 0 Å². The van der Waals surface area contributed by atoms with Gasteiger partial charge in [-0.15, -0.1) is 20.8 Å². The number of nitrogens with one attached hydrogen (secondary N) is 4. The molecule has 390 valence electrons. The Morgan fingerprint density at radius 1 is 1.01 bits per heavy atom. The zero-order valence-electron chi connectivity index (χ0n) is 40.7. The fourth-order valence-corrected chi connectivity index (χ4v) is 6.06. The van der Waals surface area contributed by atoms with E-state index in [1.807, 2.05) is 32.2 Å². The van der Waals surface area contributed by atoms with Crippen LogP contribution in [0, 0.1) is 36.5 Å². The third-order valence-corrected chi connectivity index (χ3v) is 10.8. The number of nitrogens with two attached hydrogens (primary N) is 1. The average molecular weight is 1170 g/mol. The van der Waals surface area contributed by atoms with Crippen LogP contribution in [0.15, 0.2) is 121 Å². The van der Waals surface area contributed by atoms with Crippen LogP contribution in [0.1, 0.15) is 94.1 Å². The fraction of sp³-hybridized carbons (Fsp3) is 0.340. The van der Waals surface area contributed by atoms with Gasteiger partial charge in [0.15, 0.2) is 16.3 Å². The number of carboxylic acids is 2. The normalized spacial score (nSPS) is 14.1. The molecule has 23 heteroatoms. The number of pyridine rings is 1. The molecule has 1 aromatic heterocycles. The molecule has 2 aromatic carbocycles. The molecule has 0 spiro atoms. The van der Waals surface area contributed by atoms with Crippen molar-refractivity contribution in [1.82, 2.24) is 15.6 Å². The molecule has 0 bridgehead atoms. The van der Waals surface area contributed by atoms with Gasteiger partial charge in [-0.05, 0) is 61.7 Å². The Morgan fingerprint density at radius 3 is 2.07 bits per heavy atom. The molecule has 1 fully saturated rings. The molecule has 0 radical (unpaired) electrons. The van der Waals surface area contributed by atoms with Crippen molar-refractivity contribution in [3.8, 4) is 0 Å². The van der Waals surface area contributed by atoms with Crippen molar-refractivity contribution < 1.29 is 55.9 Å². The molecular formula is C47H68N11O10PtS-3. The van der Waals surface area contributed by atoms with Crippen LogP contribution in [0.2, 0.25) is 0 Å². The Morgan fingerprint density at radius 2 is 1.61 bits per heavy atom. The average Bonchev–Trinajstić information content (AvgIpc) is 3.32. The zero-order valence-corrected chi connectivity index (χ0v) is 43.8. The zero-order chi connectivity index (χ0) is 49.7. The van der Waals surface area contributed by atoms with E-state index in [-0.39, 0.29) is 95.5 Å². The summed E-state index contributed by atoms with van der Waals surface area (Å²) in [6, 6.07) is 13.4. The second-order valence-corrected chi connectivity index (χ2v) is 16.1. The minimum absolute atomic E-state index is 0. The summed E-state index contributed by atoms with van der Waals surface area (Å²) in [5, 5.41) is 26.8. The van der Waals surface area contributed by atoms with Gasteiger partial charge in [-0.1, -0.05) is 109 Å². The van der Waals surface area contributed by atoms with Crippen molar-refractivity contribution >= 4 is 68.7 Å². The van der Waals surface area contributed by atoms with Gasteiger partial charge < -0.3 is 52.6 Å². The van der Waals surface area contributed by atoms with E-state index in [0.29, 0.717) is 11.4 Å². The summed E-state index contributed by atoms with van der Waals surface area (Å²) in [6.07, 6.45) is 15.0. The van der Waals surface area contributed by atoms with Crippen molar-refractivity contribution in [2.75, 3.05) is 17.6 Å². The van der Waals surface area contributed by atoms with Crippen molar-refractivity contribution in [3.63, 3.8) is 0 Å². The molecular weight excluding hydrogens is 1110 g/mol. The van der Waals surface area contributed by atoms with Crippen LogP contribution in [0.3, 0.4) is 0 Å². The van der Waals surface area contributed by atoms with Crippen LogP contribution in [0.25, 0.3) is 22.7 Å². The molecule has 2 heterocycles. The van der Waals surface area contributed by atoms with E-state index in [4.69, 9.17) is 21.7 Å². The fourth-order valence-electron chi connectivity index (χ4n) is 5.66. The first-order chi connectivity index (χ1) is 31.6. The number of hydrogen-bond acceptors (Lipinski definition) is 15. The van der Waals surface area contributed by atoms with Gasteiger partial charge in [-0.25, -0.2) is 14.8 Å². The number of allylic oxidation sites excluding steroid dienone is 3. The number of amides is 2. The van der Waals surface area contributed by atoms with Crippen LogP contribution in [-0.2, 0) is 35.4 Å². The number of nitrogens with zero attached hydrogens (tertiary/aromatic N) is 6. The maximum Gasteiger partial charge on any atom is 0.326 e. The Kier molecular flexibility index (Phi) is 38.2. The minimum Gasteiger partial charge on any atom is -0.675 e. The number of aryl methyl sites for hydroxylation is 1. The van der Waals surface area contributed by atoms with Crippen LogP contribution in [0.5, 0.6) is 0 Å². The van der Waals surface area contributed by atoms with Crippen molar-refractivity contribution in [2.45, 2.75) is 91.6 Å². The largest absolute Gasteiger partial charge is 0.675 e. The predicted octanol–water partition coefficient (Wildman–Crippen LogP) is 9.52. The molecule has 1 aliphatic carbocycles. The summed E-state index contributed by atoms with van der Waals surface area (Å²) in [7, 11) is -2.94. The first kappa shape index (κ1) is 70.0. The molecule has 0 saturated heterocycles. The first-order valence-corrected chi connectivity index (χ1v) is 22.6. The number of carbonyl (C=O) groups is 4. The van der Waals surface area contributed by atoms with Crippen LogP contribution < -0.4 is 21.7 Å². The summed E-state index contributed by atoms with van der Waals surface area (Å²) < 4.78 is 6.75. The third kappa shape index (κ3) is 24.6. The van der Waals surface area contributed by atoms with Gasteiger partial charge in [0.1, 0.15) is 6.04 Å². The number of hydrogen-bond donors (Lipinski definition) is 6. The molecule has 70 heavy (non-hydrogen) atoms. The van der Waals surface area contributed by atoms with Gasteiger partial charge in [0.25, 0.3) is 11.8 Å². The van der Waals surface area contributed by atoms with Gasteiger partial charge in [-0.2, -0.15) is 0 Å². The molecule has 3 aromatic rings. The number of nitroso groups, excluding NO2 is 3. The van der Waals surface area contributed by atoms with Gasteiger partial charge in [0.05, 0.1) is 23.5 Å². The Labute approximate surface area is 426 Å². The quantitative estimate of drug-likeness (QED) is 0.0443. The van der Waals surface area contributed by atoms with Gasteiger partial charge >= 0.3 is 11.9 Å². The molecule has 2 aliphatic rings. The van der Waals surface area contributed by atoms with E-state index in [9.17, 15) is 33.9 Å². The molecule has 21 nitrogen and oxygen atoms in total. The van der Waals surface area contributed by atoms with E-state index in [2.05, 4.69) is 89.0 Å². The smallest absolute Gasteiger partial charge is 0.326 e. The topological polar surface area (TPSA) is 352 Å². The number of fused-ring (bicyclic) bond motifs is 1. The number of guanidine groups is 1. The number of aliphatic carboxylic acids is 2. The SMILES string of the molecule is C=C/C=C\c1ccc2cccnc2c1C.C=C1N=C(N)NC(=O)C1=N/C(=C\C)CNc1ccc(C(=O)NC(CCC(=O)O)C(=O)O)cc1.CC.CCS(N=O)(N=O)N=O.O.[CH3-].[CH3-].[NH-]C1CCCCC1.[Pt]. The van der Waals surface area contributed by atoms with Crippen LogP contribution in [0.4, 0.5) is 5.69 Å². The third-order valence-electron chi connectivity index (χ3n) is 9.28. The molecule has 5 rings (SSSR count). The summed E-state index contributed by atoms with van der Waals surface area (Å²) >= 11 is 0. The van der Waals surface area contributed by atoms with E-state index in [0.717, 1.165) is 18.4 Å². The van der Waals surface area contributed by atoms with Gasteiger partial charge in [0, 0.05) is 69.8 Å². The Balaban J connectivity index is -0.000000484. The van der Waals surface area contributed by atoms with Crippen LogP contribution >= 0.6 is 10.6 Å². The Hall–Kier alpha value is -6.61. The van der Waals surface area contributed by atoms with Crippen molar-refractivity contribution in [2.24, 2.45) is 29.5 Å². The molecule has 10 N–H and O–H groups in total. The van der Waals surface area contributed by atoms with E-state index in [1.54, 1.807) is 31.2 Å². The summed E-state index contributed by atoms with van der Waals surface area (Å²) in [4.78, 5) is 87.9. The monoisotopic (exact) mass is 1170 g/mol. The number of benzene rings is 2. The van der Waals surface area contributed by atoms with Crippen LogP contribution in [-0.4, -0.2) is 80.5 Å². The maximum atomic E-state index is 12.3. The van der Waals surface area contributed by atoms with E-state index < -0.39 is 40.4 Å². The second kappa shape index (κ2) is 38.3. The molecule has 1 aliphatic heterocycles. The van der Waals surface area contributed by atoms with Gasteiger partial charge in [0.2, 0.25) is 5.96 Å². The first-order valence-electron chi connectivity index (χ1n) is 20.9. The number of carboxylic acid groups (broad SMARTS) is 2.